The highest BCUT2D eigenvalue weighted by molar-refractivity contribution is 5.02. The zero-order chi connectivity index (χ0) is 10.7. The third kappa shape index (κ3) is 2.79. The lowest BCUT2D eigenvalue weighted by Gasteiger charge is -2.35. The van der Waals surface area contributed by atoms with Crippen molar-refractivity contribution in [2.24, 2.45) is 0 Å². The van der Waals surface area contributed by atoms with E-state index in [1.807, 2.05) is 12.4 Å². The Kier molecular flexibility index (Phi) is 3.38. The monoisotopic (exact) mass is 208 g/mol. The first-order valence-corrected chi connectivity index (χ1v) is 5.67. The molecule has 2 N–H and O–H groups in total. The molecular formula is C11H20N4. The normalized spacial score (nSPS) is 28.1. The van der Waals surface area contributed by atoms with E-state index in [9.17, 15) is 0 Å². The molecule has 0 bridgehead atoms. The maximum absolute atomic E-state index is 3.94. The quantitative estimate of drug-likeness (QED) is 0.778. The Morgan fingerprint density at radius 2 is 2.53 bits per heavy atom. The lowest BCUT2D eigenvalue weighted by molar-refractivity contribution is 0.168. The minimum atomic E-state index is 0.658. The summed E-state index contributed by atoms with van der Waals surface area (Å²) >= 11 is 0. The van der Waals surface area contributed by atoms with Crippen LogP contribution < -0.4 is 5.32 Å². The van der Waals surface area contributed by atoms with Gasteiger partial charge in [0, 0.05) is 30.4 Å². The molecule has 1 fully saturated rings. The van der Waals surface area contributed by atoms with Crippen LogP contribution in [0.2, 0.25) is 0 Å². The zero-order valence-corrected chi connectivity index (χ0v) is 9.53. The van der Waals surface area contributed by atoms with Gasteiger partial charge in [-0.1, -0.05) is 0 Å². The second-order valence-electron chi connectivity index (χ2n) is 4.54. The van der Waals surface area contributed by atoms with Gasteiger partial charge in [-0.3, -0.25) is 5.10 Å². The molecule has 0 saturated carbocycles. The van der Waals surface area contributed by atoms with E-state index in [-0.39, 0.29) is 0 Å². The molecule has 0 radical (unpaired) electrons. The van der Waals surface area contributed by atoms with E-state index in [0.717, 1.165) is 6.54 Å². The highest BCUT2D eigenvalue weighted by Crippen LogP contribution is 2.15. The Balaban J connectivity index is 1.76. The van der Waals surface area contributed by atoms with E-state index in [0.29, 0.717) is 12.1 Å². The fourth-order valence-electron chi connectivity index (χ4n) is 2.11. The molecule has 1 aromatic heterocycles. The maximum Gasteiger partial charge on any atom is 0.0532 e. The number of piperidine rings is 1. The van der Waals surface area contributed by atoms with Gasteiger partial charge in [-0.05, 0) is 33.4 Å². The van der Waals surface area contributed by atoms with Crippen LogP contribution in [0.4, 0.5) is 0 Å². The topological polar surface area (TPSA) is 44.0 Å². The summed E-state index contributed by atoms with van der Waals surface area (Å²) in [5, 5.41) is 10.4. The van der Waals surface area contributed by atoms with Crippen molar-refractivity contribution in [3.63, 3.8) is 0 Å². The number of hydrogen-bond donors (Lipinski definition) is 2. The van der Waals surface area contributed by atoms with Gasteiger partial charge >= 0.3 is 0 Å². The van der Waals surface area contributed by atoms with Gasteiger partial charge in [-0.2, -0.15) is 5.10 Å². The number of likely N-dealkylation sites (tertiary alicyclic amines) is 1. The molecule has 0 amide bonds. The third-order valence-corrected chi connectivity index (χ3v) is 3.36. The molecule has 1 aromatic rings. The van der Waals surface area contributed by atoms with Crippen molar-refractivity contribution in [2.75, 3.05) is 13.6 Å². The lowest BCUT2D eigenvalue weighted by Crippen LogP contribution is -2.45. The first-order chi connectivity index (χ1) is 7.25. The fraction of sp³-hybridized carbons (Fsp3) is 0.727. The van der Waals surface area contributed by atoms with Crippen LogP contribution in [0.3, 0.4) is 0 Å². The van der Waals surface area contributed by atoms with Crippen molar-refractivity contribution in [3.05, 3.63) is 18.0 Å². The molecule has 4 heteroatoms. The van der Waals surface area contributed by atoms with E-state index < -0.39 is 0 Å². The van der Waals surface area contributed by atoms with Gasteiger partial charge in [0.2, 0.25) is 0 Å². The second-order valence-corrected chi connectivity index (χ2v) is 4.54. The summed E-state index contributed by atoms with van der Waals surface area (Å²) in [6.45, 7) is 4.42. The summed E-state index contributed by atoms with van der Waals surface area (Å²) in [6, 6.07) is 1.35. The first kappa shape index (κ1) is 10.6. The number of hydrogen-bond acceptors (Lipinski definition) is 3. The summed E-state index contributed by atoms with van der Waals surface area (Å²) in [5.74, 6) is 0. The Morgan fingerprint density at radius 3 is 3.20 bits per heavy atom. The number of H-pyrrole nitrogens is 1. The molecule has 2 heterocycles. The number of rotatable bonds is 3. The van der Waals surface area contributed by atoms with Gasteiger partial charge in [0.15, 0.2) is 0 Å². The van der Waals surface area contributed by atoms with Gasteiger partial charge in [0.25, 0.3) is 0 Å². The lowest BCUT2D eigenvalue weighted by atomic mass is 9.99. The molecule has 1 saturated heterocycles. The number of aromatic nitrogens is 2. The predicted octanol–water partition coefficient (Wildman–Crippen LogP) is 0.982. The van der Waals surface area contributed by atoms with Crippen LogP contribution in [0, 0.1) is 0 Å². The molecule has 0 spiro atoms. The number of nitrogens with zero attached hydrogens (tertiary/aromatic N) is 2. The molecule has 0 aliphatic carbocycles. The molecule has 2 unspecified atom stereocenters. The van der Waals surface area contributed by atoms with Crippen LogP contribution in [0.15, 0.2) is 12.4 Å². The van der Waals surface area contributed by atoms with E-state index in [1.54, 1.807) is 0 Å². The molecule has 15 heavy (non-hydrogen) atoms. The highest BCUT2D eigenvalue weighted by Gasteiger charge is 2.21. The standard InChI is InChI=1S/C11H20N4/c1-9-5-11(3-4-15(9)2)12-6-10-7-13-14-8-10/h7-9,11-12H,3-6H2,1-2H3,(H,13,14). The summed E-state index contributed by atoms with van der Waals surface area (Å²) in [4.78, 5) is 2.43. The average Bonchev–Trinajstić information content (AvgIpc) is 2.73. The summed E-state index contributed by atoms with van der Waals surface area (Å²) in [5.41, 5.74) is 1.24. The zero-order valence-electron chi connectivity index (χ0n) is 9.53. The summed E-state index contributed by atoms with van der Waals surface area (Å²) in [7, 11) is 2.21. The SMILES string of the molecule is CC1CC(NCc2cn[nH]c2)CCN1C. The van der Waals surface area contributed by atoms with Crippen molar-refractivity contribution < 1.29 is 0 Å². The molecule has 2 atom stereocenters. The van der Waals surface area contributed by atoms with Gasteiger partial charge in [-0.15, -0.1) is 0 Å². The van der Waals surface area contributed by atoms with Gasteiger partial charge < -0.3 is 10.2 Å². The third-order valence-electron chi connectivity index (χ3n) is 3.36. The largest absolute Gasteiger partial charge is 0.310 e. The van der Waals surface area contributed by atoms with Crippen molar-refractivity contribution >= 4 is 0 Å². The Labute approximate surface area is 91.1 Å². The van der Waals surface area contributed by atoms with E-state index in [4.69, 9.17) is 0 Å². The highest BCUT2D eigenvalue weighted by atomic mass is 15.1. The maximum atomic E-state index is 3.94. The summed E-state index contributed by atoms with van der Waals surface area (Å²) < 4.78 is 0. The molecule has 4 nitrogen and oxygen atoms in total. The first-order valence-electron chi connectivity index (χ1n) is 5.67. The number of aromatic amines is 1. The minimum absolute atomic E-state index is 0.658. The van der Waals surface area contributed by atoms with Crippen LogP contribution >= 0.6 is 0 Å². The van der Waals surface area contributed by atoms with Gasteiger partial charge in [0.05, 0.1) is 6.20 Å². The van der Waals surface area contributed by atoms with Crippen molar-refractivity contribution in [3.8, 4) is 0 Å². The summed E-state index contributed by atoms with van der Waals surface area (Å²) in [6.07, 6.45) is 6.32. The molecule has 1 aliphatic heterocycles. The van der Waals surface area contributed by atoms with Crippen molar-refractivity contribution in [1.29, 1.82) is 0 Å². The van der Waals surface area contributed by atoms with E-state index >= 15 is 0 Å². The van der Waals surface area contributed by atoms with Crippen LogP contribution in [-0.4, -0.2) is 40.8 Å². The molecule has 0 aromatic carbocycles. The van der Waals surface area contributed by atoms with Crippen LogP contribution in [0.1, 0.15) is 25.3 Å². The van der Waals surface area contributed by atoms with Crippen LogP contribution in [0.5, 0.6) is 0 Å². The second kappa shape index (κ2) is 4.77. The molecule has 84 valence electrons. The van der Waals surface area contributed by atoms with Crippen molar-refractivity contribution in [2.45, 2.75) is 38.4 Å². The predicted molar refractivity (Wildman–Crippen MR) is 60.5 cm³/mol. The van der Waals surface area contributed by atoms with E-state index in [2.05, 4.69) is 34.4 Å². The van der Waals surface area contributed by atoms with E-state index in [1.165, 1.54) is 24.9 Å². The van der Waals surface area contributed by atoms with Crippen molar-refractivity contribution in [1.82, 2.24) is 20.4 Å². The molecule has 2 rings (SSSR count). The average molecular weight is 208 g/mol. The number of nitrogens with one attached hydrogen (secondary N) is 2. The van der Waals surface area contributed by atoms with Crippen LogP contribution in [0.25, 0.3) is 0 Å². The van der Waals surface area contributed by atoms with Gasteiger partial charge in [0.1, 0.15) is 0 Å². The Hall–Kier alpha value is -0.870. The minimum Gasteiger partial charge on any atom is -0.310 e. The Morgan fingerprint density at radius 1 is 1.67 bits per heavy atom. The molecule has 1 aliphatic rings. The smallest absolute Gasteiger partial charge is 0.0532 e. The molecular weight excluding hydrogens is 188 g/mol. The van der Waals surface area contributed by atoms with Crippen LogP contribution in [-0.2, 0) is 6.54 Å². The fourth-order valence-corrected chi connectivity index (χ4v) is 2.11. The van der Waals surface area contributed by atoms with Gasteiger partial charge in [-0.25, -0.2) is 0 Å². The Bertz CT molecular complexity index is 283.